The number of likely N-dealkylation sites (N-methyl/N-ethyl adjacent to an activating group) is 1. The SMILES string of the molecule is CN1C[C@H]2CC1CN2c1ccc(Nc2ncc(C(F)(F)F)c(-c3cc4c(s3)C(=O)N(C3CC3)CCS4)n2)c(C2CC2)c1. The maximum Gasteiger partial charge on any atom is 0.420 e. The van der Waals surface area contributed by atoms with E-state index in [4.69, 9.17) is 0 Å². The van der Waals surface area contributed by atoms with E-state index in [-0.39, 0.29) is 23.6 Å². The van der Waals surface area contributed by atoms with Crippen LogP contribution in [-0.4, -0.2) is 76.2 Å². The van der Waals surface area contributed by atoms with E-state index in [1.807, 2.05) is 11.0 Å². The number of likely N-dealkylation sites (tertiary alicyclic amines) is 1. The van der Waals surface area contributed by atoms with Crippen LogP contribution in [0.15, 0.2) is 35.4 Å². The van der Waals surface area contributed by atoms with E-state index >= 15 is 0 Å². The zero-order valence-corrected chi connectivity index (χ0v) is 24.8. The molecule has 1 unspecified atom stereocenters. The normalized spacial score (nSPS) is 24.3. The van der Waals surface area contributed by atoms with Crippen molar-refractivity contribution in [1.82, 2.24) is 19.8 Å². The molecule has 1 N–H and O–H groups in total. The molecular weight excluding hydrogens is 581 g/mol. The molecule has 2 aliphatic carbocycles. The van der Waals surface area contributed by atoms with E-state index in [1.165, 1.54) is 29.4 Å². The Labute approximate surface area is 250 Å². The van der Waals surface area contributed by atoms with E-state index < -0.39 is 11.7 Å². The fourth-order valence-corrected chi connectivity index (χ4v) is 9.00. The second-order valence-corrected chi connectivity index (χ2v) is 14.3. The van der Waals surface area contributed by atoms with E-state index in [9.17, 15) is 18.0 Å². The van der Waals surface area contributed by atoms with Crippen molar-refractivity contribution >= 4 is 46.3 Å². The summed E-state index contributed by atoms with van der Waals surface area (Å²) in [4.78, 5) is 30.2. The number of rotatable bonds is 6. The molecule has 5 aliphatic rings. The lowest BCUT2D eigenvalue weighted by Crippen LogP contribution is -2.44. The number of benzene rings is 1. The number of hydrogen-bond acceptors (Lipinski definition) is 8. The maximum absolute atomic E-state index is 14.2. The van der Waals surface area contributed by atoms with Gasteiger partial charge in [-0.25, -0.2) is 9.97 Å². The van der Waals surface area contributed by atoms with Crippen LogP contribution in [0.2, 0.25) is 0 Å². The van der Waals surface area contributed by atoms with Gasteiger partial charge in [0.2, 0.25) is 5.95 Å². The molecule has 12 heteroatoms. The Balaban J connectivity index is 1.12. The minimum absolute atomic E-state index is 0.0817. The molecule has 42 heavy (non-hydrogen) atoms. The molecule has 1 aromatic carbocycles. The summed E-state index contributed by atoms with van der Waals surface area (Å²) in [5.41, 5.74) is 2.12. The largest absolute Gasteiger partial charge is 0.420 e. The third-order valence-corrected chi connectivity index (χ3v) is 11.5. The van der Waals surface area contributed by atoms with Gasteiger partial charge in [-0.3, -0.25) is 9.69 Å². The average molecular weight is 613 g/mol. The van der Waals surface area contributed by atoms with Gasteiger partial charge in [-0.2, -0.15) is 13.2 Å². The molecule has 220 valence electrons. The van der Waals surface area contributed by atoms with Crippen LogP contribution >= 0.6 is 23.1 Å². The number of thioether (sulfide) groups is 1. The number of fused-ring (bicyclic) bond motifs is 3. The molecule has 5 heterocycles. The molecule has 2 bridgehead atoms. The number of nitrogens with one attached hydrogen (secondary N) is 1. The van der Waals surface area contributed by atoms with Crippen LogP contribution < -0.4 is 10.2 Å². The number of amides is 1. The number of thiophene rings is 1. The van der Waals surface area contributed by atoms with Gasteiger partial charge in [0.25, 0.3) is 5.91 Å². The first kappa shape index (κ1) is 26.8. The lowest BCUT2D eigenvalue weighted by Gasteiger charge is -2.34. The predicted molar refractivity (Wildman–Crippen MR) is 159 cm³/mol. The zero-order chi connectivity index (χ0) is 28.7. The number of anilines is 3. The third kappa shape index (κ3) is 4.75. The van der Waals surface area contributed by atoms with Gasteiger partial charge in [0.05, 0.1) is 10.6 Å². The summed E-state index contributed by atoms with van der Waals surface area (Å²) in [7, 11) is 2.19. The molecule has 2 saturated carbocycles. The molecule has 0 spiro atoms. The molecule has 2 saturated heterocycles. The minimum atomic E-state index is -4.63. The van der Waals surface area contributed by atoms with Gasteiger partial charge in [-0.1, -0.05) is 0 Å². The van der Waals surface area contributed by atoms with Crippen molar-refractivity contribution in [2.75, 3.05) is 42.7 Å². The Kier molecular flexibility index (Phi) is 6.28. The number of nitrogens with zero attached hydrogens (tertiary/aromatic N) is 5. The minimum Gasteiger partial charge on any atom is -0.366 e. The number of carbonyl (C=O) groups is 1. The first-order valence-corrected chi connectivity index (χ1v) is 16.4. The van der Waals surface area contributed by atoms with E-state index in [2.05, 4.69) is 44.3 Å². The number of aromatic nitrogens is 2. The zero-order valence-electron chi connectivity index (χ0n) is 23.2. The number of halogens is 3. The summed E-state index contributed by atoms with van der Waals surface area (Å²) >= 11 is 2.63. The molecule has 8 rings (SSSR count). The fourth-order valence-electron chi connectivity index (χ4n) is 6.68. The third-order valence-electron chi connectivity index (χ3n) is 9.20. The van der Waals surface area contributed by atoms with Gasteiger partial charge in [0.15, 0.2) is 0 Å². The Morgan fingerprint density at radius 2 is 1.86 bits per heavy atom. The molecule has 2 atom stereocenters. The van der Waals surface area contributed by atoms with E-state index in [0.717, 1.165) is 72.6 Å². The first-order chi connectivity index (χ1) is 20.2. The van der Waals surface area contributed by atoms with Gasteiger partial charge in [0.1, 0.15) is 10.4 Å². The highest BCUT2D eigenvalue weighted by molar-refractivity contribution is 7.99. The van der Waals surface area contributed by atoms with Gasteiger partial charge in [-0.15, -0.1) is 23.1 Å². The van der Waals surface area contributed by atoms with Crippen LogP contribution in [0.1, 0.15) is 58.8 Å². The van der Waals surface area contributed by atoms with E-state index in [1.54, 1.807) is 6.07 Å². The van der Waals surface area contributed by atoms with Crippen molar-refractivity contribution in [3.05, 3.63) is 46.5 Å². The lowest BCUT2D eigenvalue weighted by atomic mass is 10.1. The molecule has 4 fully saturated rings. The molecule has 3 aromatic rings. The summed E-state index contributed by atoms with van der Waals surface area (Å²) in [5.74, 6) is 1.19. The molecule has 3 aliphatic heterocycles. The number of hydrogen-bond donors (Lipinski definition) is 1. The highest BCUT2D eigenvalue weighted by atomic mass is 32.2. The van der Waals surface area contributed by atoms with Crippen molar-refractivity contribution in [3.63, 3.8) is 0 Å². The van der Waals surface area contributed by atoms with Gasteiger partial charge < -0.3 is 15.1 Å². The Morgan fingerprint density at radius 1 is 1.02 bits per heavy atom. The quantitative estimate of drug-likeness (QED) is 0.343. The first-order valence-electron chi connectivity index (χ1n) is 14.6. The Bertz CT molecular complexity index is 1570. The Hall–Kier alpha value is -2.83. The van der Waals surface area contributed by atoms with Crippen LogP contribution in [0, 0.1) is 0 Å². The summed E-state index contributed by atoms with van der Waals surface area (Å²) in [6, 6.07) is 9.44. The second kappa shape index (κ2) is 9.85. The standard InChI is InChI=1S/C30H31F3N6OS2/c1-37-14-20-10-19(37)15-39(20)18-6-7-23(21(11-18)16-2-3-16)35-29-34-13-22(30(31,32)33)26(36-29)24-12-25-27(42-24)28(40)38(8-9-41-25)17-4-5-17/h6-7,11-13,16-17,19-20H,2-5,8-10,14-15H2,1H3,(H,34,35,36)/t19?,20-/m1/s1. The van der Waals surface area contributed by atoms with Crippen LogP contribution in [0.3, 0.4) is 0 Å². The maximum atomic E-state index is 14.2. The fraction of sp³-hybridized carbons (Fsp3) is 0.500. The highest BCUT2D eigenvalue weighted by Crippen LogP contribution is 2.47. The van der Waals surface area contributed by atoms with Crippen molar-refractivity contribution in [2.45, 2.75) is 67.2 Å². The second-order valence-electron chi connectivity index (χ2n) is 12.1. The Morgan fingerprint density at radius 3 is 2.55 bits per heavy atom. The van der Waals surface area contributed by atoms with Crippen LogP contribution in [-0.2, 0) is 6.18 Å². The van der Waals surface area contributed by atoms with Crippen molar-refractivity contribution < 1.29 is 18.0 Å². The summed E-state index contributed by atoms with van der Waals surface area (Å²) < 4.78 is 42.5. The average Bonchev–Trinajstić information content (AvgIpc) is 3.88. The molecular formula is C30H31F3N6OS2. The highest BCUT2D eigenvalue weighted by Gasteiger charge is 2.42. The number of piperazine rings is 1. The topological polar surface area (TPSA) is 64.6 Å². The monoisotopic (exact) mass is 612 g/mol. The summed E-state index contributed by atoms with van der Waals surface area (Å²) in [5, 5.41) is 3.26. The van der Waals surface area contributed by atoms with Gasteiger partial charge in [0, 0.05) is 66.0 Å². The van der Waals surface area contributed by atoms with Crippen molar-refractivity contribution in [3.8, 4) is 10.6 Å². The lowest BCUT2D eigenvalue weighted by molar-refractivity contribution is -0.137. The molecule has 0 radical (unpaired) electrons. The van der Waals surface area contributed by atoms with Gasteiger partial charge in [-0.05, 0) is 74.9 Å². The molecule has 2 aromatic heterocycles. The van der Waals surface area contributed by atoms with Crippen LogP contribution in [0.25, 0.3) is 10.6 Å². The smallest absolute Gasteiger partial charge is 0.366 e. The van der Waals surface area contributed by atoms with E-state index in [0.29, 0.717) is 34.3 Å². The summed E-state index contributed by atoms with van der Waals surface area (Å²) in [6.07, 6.45) is 1.59. The van der Waals surface area contributed by atoms with Crippen LogP contribution in [0.4, 0.5) is 30.5 Å². The number of carbonyl (C=O) groups excluding carboxylic acids is 1. The van der Waals surface area contributed by atoms with Crippen LogP contribution in [0.5, 0.6) is 0 Å². The summed E-state index contributed by atoms with van der Waals surface area (Å²) in [6.45, 7) is 2.76. The van der Waals surface area contributed by atoms with Gasteiger partial charge >= 0.3 is 6.18 Å². The molecule has 7 nitrogen and oxygen atoms in total. The molecule has 1 amide bonds. The van der Waals surface area contributed by atoms with Crippen molar-refractivity contribution in [2.24, 2.45) is 0 Å². The van der Waals surface area contributed by atoms with Crippen molar-refractivity contribution in [1.29, 1.82) is 0 Å². The predicted octanol–water partition coefficient (Wildman–Crippen LogP) is 6.45. The number of alkyl halides is 3.